The van der Waals surface area contributed by atoms with Crippen molar-refractivity contribution in [2.24, 2.45) is 5.10 Å². The van der Waals surface area contributed by atoms with Crippen LogP contribution in [-0.2, 0) is 16.5 Å². The van der Waals surface area contributed by atoms with Gasteiger partial charge in [-0.3, -0.25) is 5.43 Å². The SMILES string of the molecule is CN(C)CCCC=NNc1ccc(CCS(=O)(=O)Oc2ccccc2)cc1. The average Bonchev–Trinajstić information content (AvgIpc) is 2.64. The molecule has 146 valence electrons. The maximum atomic E-state index is 12.1. The summed E-state index contributed by atoms with van der Waals surface area (Å²) in [5, 5.41) is 4.19. The summed E-state index contributed by atoms with van der Waals surface area (Å²) in [5.74, 6) is 0.263. The summed E-state index contributed by atoms with van der Waals surface area (Å²) in [5.41, 5.74) is 4.77. The van der Waals surface area contributed by atoms with Crippen molar-refractivity contribution in [2.75, 3.05) is 31.8 Å². The minimum atomic E-state index is -3.61. The van der Waals surface area contributed by atoms with Crippen molar-refractivity contribution in [1.29, 1.82) is 0 Å². The van der Waals surface area contributed by atoms with Crippen molar-refractivity contribution < 1.29 is 12.6 Å². The third kappa shape index (κ3) is 8.70. The van der Waals surface area contributed by atoms with Crippen LogP contribution >= 0.6 is 0 Å². The van der Waals surface area contributed by atoms with Crippen LogP contribution < -0.4 is 9.61 Å². The van der Waals surface area contributed by atoms with Gasteiger partial charge in [-0.2, -0.15) is 13.5 Å². The van der Waals surface area contributed by atoms with Gasteiger partial charge in [0.25, 0.3) is 0 Å². The fourth-order valence-corrected chi connectivity index (χ4v) is 3.31. The quantitative estimate of drug-likeness (QED) is 0.276. The van der Waals surface area contributed by atoms with E-state index < -0.39 is 10.1 Å². The van der Waals surface area contributed by atoms with Gasteiger partial charge in [-0.1, -0.05) is 30.3 Å². The number of anilines is 1. The van der Waals surface area contributed by atoms with E-state index in [9.17, 15) is 8.42 Å². The van der Waals surface area contributed by atoms with Crippen LogP contribution in [0.15, 0.2) is 59.7 Å². The molecule has 0 unspecified atom stereocenters. The zero-order valence-electron chi connectivity index (χ0n) is 15.8. The van der Waals surface area contributed by atoms with Gasteiger partial charge in [0.15, 0.2) is 0 Å². The fourth-order valence-electron chi connectivity index (χ4n) is 2.34. The van der Waals surface area contributed by atoms with Crippen molar-refractivity contribution in [2.45, 2.75) is 19.3 Å². The summed E-state index contributed by atoms with van der Waals surface area (Å²) >= 11 is 0. The average molecular weight is 390 g/mol. The first kappa shape index (κ1) is 20.9. The maximum absolute atomic E-state index is 12.1. The molecule has 1 N–H and O–H groups in total. The molecular weight excluding hydrogens is 362 g/mol. The number of aryl methyl sites for hydroxylation is 1. The first-order valence-electron chi connectivity index (χ1n) is 8.93. The summed E-state index contributed by atoms with van der Waals surface area (Å²) in [7, 11) is 0.488. The van der Waals surface area contributed by atoms with Crippen LogP contribution in [0.4, 0.5) is 5.69 Å². The lowest BCUT2D eigenvalue weighted by Crippen LogP contribution is -2.15. The highest BCUT2D eigenvalue weighted by atomic mass is 32.2. The second-order valence-electron chi connectivity index (χ2n) is 6.47. The van der Waals surface area contributed by atoms with Crippen molar-refractivity contribution in [1.82, 2.24) is 4.90 Å². The molecule has 0 saturated carbocycles. The number of hydrazone groups is 1. The Morgan fingerprint density at radius 3 is 2.44 bits per heavy atom. The molecule has 0 radical (unpaired) electrons. The van der Waals surface area contributed by atoms with E-state index in [0.717, 1.165) is 30.6 Å². The Morgan fingerprint density at radius 1 is 1.07 bits per heavy atom. The number of nitrogens with zero attached hydrogens (tertiary/aromatic N) is 2. The molecule has 2 rings (SSSR count). The van der Waals surface area contributed by atoms with Gasteiger partial charge >= 0.3 is 10.1 Å². The molecule has 0 atom stereocenters. The molecule has 0 aliphatic rings. The maximum Gasteiger partial charge on any atom is 0.309 e. The fraction of sp³-hybridized carbons (Fsp3) is 0.350. The summed E-state index contributed by atoms with van der Waals surface area (Å²) in [6, 6.07) is 16.1. The molecule has 0 fully saturated rings. The first-order chi connectivity index (χ1) is 12.9. The van der Waals surface area contributed by atoms with E-state index >= 15 is 0 Å². The molecule has 2 aromatic carbocycles. The largest absolute Gasteiger partial charge is 0.382 e. The molecule has 27 heavy (non-hydrogen) atoms. The van der Waals surface area contributed by atoms with Crippen LogP contribution in [-0.4, -0.2) is 45.9 Å². The molecule has 0 spiro atoms. The minimum Gasteiger partial charge on any atom is -0.382 e. The Morgan fingerprint density at radius 2 is 1.78 bits per heavy atom. The van der Waals surface area contributed by atoms with E-state index in [1.165, 1.54) is 0 Å². The molecule has 7 heteroatoms. The van der Waals surface area contributed by atoms with Crippen molar-refractivity contribution in [3.05, 3.63) is 60.2 Å². The Bertz CT molecular complexity index is 804. The number of nitrogens with one attached hydrogen (secondary N) is 1. The van der Waals surface area contributed by atoms with Crippen LogP contribution in [0.25, 0.3) is 0 Å². The zero-order valence-corrected chi connectivity index (χ0v) is 16.7. The number of rotatable bonds is 11. The van der Waals surface area contributed by atoms with Gasteiger partial charge in [0.1, 0.15) is 5.75 Å². The summed E-state index contributed by atoms with van der Waals surface area (Å²) in [4.78, 5) is 2.14. The van der Waals surface area contributed by atoms with Gasteiger partial charge in [-0.25, -0.2) is 0 Å². The molecule has 0 amide bonds. The van der Waals surface area contributed by atoms with Gasteiger partial charge < -0.3 is 9.08 Å². The van der Waals surface area contributed by atoms with Crippen LogP contribution in [0.5, 0.6) is 5.75 Å². The van der Waals surface area contributed by atoms with Crippen molar-refractivity contribution in [3.8, 4) is 5.75 Å². The molecule has 2 aromatic rings. The van der Waals surface area contributed by atoms with E-state index in [1.807, 2.05) is 36.5 Å². The highest BCUT2D eigenvalue weighted by Crippen LogP contribution is 2.14. The third-order valence-electron chi connectivity index (χ3n) is 3.78. The number of benzene rings is 2. The minimum absolute atomic E-state index is 0.0707. The molecular formula is C20H27N3O3S. The molecule has 0 saturated heterocycles. The Hall–Kier alpha value is -2.38. The van der Waals surface area contributed by atoms with Gasteiger partial charge in [-0.15, -0.1) is 0 Å². The lowest BCUT2D eigenvalue weighted by Gasteiger charge is -2.08. The predicted octanol–water partition coefficient (Wildman–Crippen LogP) is 3.38. The number of unbranched alkanes of at least 4 members (excludes halogenated alkanes) is 1. The van der Waals surface area contributed by atoms with Crippen molar-refractivity contribution >= 4 is 22.0 Å². The van der Waals surface area contributed by atoms with Crippen LogP contribution in [0, 0.1) is 0 Å². The number of para-hydroxylation sites is 1. The normalized spacial score (nSPS) is 11.8. The standard InChI is InChI=1S/C20H27N3O3S/c1-23(2)16-7-6-15-21-22-19-12-10-18(11-13-19)14-17-27(24,25)26-20-8-4-3-5-9-20/h3-5,8-13,15,22H,6-7,14,16-17H2,1-2H3. The van der Waals surface area contributed by atoms with E-state index in [1.54, 1.807) is 24.3 Å². The number of hydrogen-bond acceptors (Lipinski definition) is 6. The summed E-state index contributed by atoms with van der Waals surface area (Å²) in [6.45, 7) is 1.04. The summed E-state index contributed by atoms with van der Waals surface area (Å²) in [6.07, 6.45) is 4.24. The molecule has 0 aliphatic carbocycles. The number of hydrogen-bond donors (Lipinski definition) is 1. The second-order valence-corrected chi connectivity index (χ2v) is 8.16. The second kappa shape index (κ2) is 10.7. The molecule has 0 bridgehead atoms. The van der Waals surface area contributed by atoms with Crippen LogP contribution in [0.3, 0.4) is 0 Å². The predicted molar refractivity (Wildman–Crippen MR) is 111 cm³/mol. The highest BCUT2D eigenvalue weighted by Gasteiger charge is 2.12. The molecule has 6 nitrogen and oxygen atoms in total. The Kier molecular flexibility index (Phi) is 8.29. The van der Waals surface area contributed by atoms with E-state index in [4.69, 9.17) is 4.18 Å². The Labute approximate surface area is 162 Å². The van der Waals surface area contributed by atoms with Crippen molar-refractivity contribution in [3.63, 3.8) is 0 Å². The van der Waals surface area contributed by atoms with Crippen LogP contribution in [0.1, 0.15) is 18.4 Å². The van der Waals surface area contributed by atoms with E-state index in [-0.39, 0.29) is 5.75 Å². The zero-order chi connectivity index (χ0) is 19.5. The van der Waals surface area contributed by atoms with E-state index in [2.05, 4.69) is 29.5 Å². The molecule has 0 aromatic heterocycles. The highest BCUT2D eigenvalue weighted by molar-refractivity contribution is 7.87. The molecule has 0 heterocycles. The lowest BCUT2D eigenvalue weighted by molar-refractivity contribution is 0.404. The van der Waals surface area contributed by atoms with E-state index in [0.29, 0.717) is 12.2 Å². The van der Waals surface area contributed by atoms with Gasteiger partial charge in [0.2, 0.25) is 0 Å². The molecule has 0 aliphatic heterocycles. The van der Waals surface area contributed by atoms with Gasteiger partial charge in [0.05, 0.1) is 11.4 Å². The lowest BCUT2D eigenvalue weighted by atomic mass is 10.1. The van der Waals surface area contributed by atoms with Crippen LogP contribution in [0.2, 0.25) is 0 Å². The van der Waals surface area contributed by atoms with Gasteiger partial charge in [-0.05, 0) is 69.7 Å². The summed E-state index contributed by atoms with van der Waals surface area (Å²) < 4.78 is 29.2. The third-order valence-corrected chi connectivity index (χ3v) is 4.94. The monoisotopic (exact) mass is 389 g/mol. The van der Waals surface area contributed by atoms with Gasteiger partial charge in [0, 0.05) is 6.21 Å². The Balaban J connectivity index is 1.75. The smallest absolute Gasteiger partial charge is 0.309 e. The topological polar surface area (TPSA) is 71.0 Å². The first-order valence-corrected chi connectivity index (χ1v) is 10.5.